The van der Waals surface area contributed by atoms with Gasteiger partial charge in [0.2, 0.25) is 0 Å². The molecule has 39 heavy (non-hydrogen) atoms. The van der Waals surface area contributed by atoms with Gasteiger partial charge in [-0.3, -0.25) is 0 Å². The van der Waals surface area contributed by atoms with E-state index >= 15 is 0 Å². The Hall–Kier alpha value is -1.32. The van der Waals surface area contributed by atoms with Crippen LogP contribution in [0.15, 0.2) is 0 Å². The molecule has 3 saturated carbocycles. The third-order valence-corrected chi connectivity index (χ3v) is 12.4. The van der Waals surface area contributed by atoms with Crippen molar-refractivity contribution in [1.82, 2.24) is 0 Å². The molecule has 0 aromatic rings. The average molecular weight is 529 g/mol. The normalized spacial score (nSPS) is 42.8. The molecule has 0 nitrogen and oxygen atoms in total. The second-order valence-corrected chi connectivity index (χ2v) is 15.8. The zero-order chi connectivity index (χ0) is 28.4. The van der Waals surface area contributed by atoms with E-state index in [1.807, 2.05) is 0 Å². The summed E-state index contributed by atoms with van der Waals surface area (Å²) >= 11 is 0. The van der Waals surface area contributed by atoms with Crippen molar-refractivity contribution < 1.29 is 0 Å². The molecule has 0 radical (unpaired) electrons. The van der Waals surface area contributed by atoms with Gasteiger partial charge < -0.3 is 0 Å². The van der Waals surface area contributed by atoms with Gasteiger partial charge in [0.15, 0.2) is 0 Å². The highest BCUT2D eigenvalue weighted by Gasteiger charge is 2.61. The van der Waals surface area contributed by atoms with Crippen LogP contribution in [0.4, 0.5) is 0 Å². The molecule has 0 heterocycles. The molecule has 6 aliphatic rings. The highest BCUT2D eigenvalue weighted by molar-refractivity contribution is 5.16. The Balaban J connectivity index is 0.000000136. The predicted molar refractivity (Wildman–Crippen MR) is 169 cm³/mol. The summed E-state index contributed by atoms with van der Waals surface area (Å²) in [6.45, 7) is 21.7. The number of hydrogen-bond donors (Lipinski definition) is 0. The Kier molecular flexibility index (Phi) is 9.64. The first-order valence-corrected chi connectivity index (χ1v) is 16.9. The number of rotatable bonds is 3. The summed E-state index contributed by atoms with van der Waals surface area (Å²) in [5.74, 6) is 28.2. The van der Waals surface area contributed by atoms with Crippen molar-refractivity contribution in [2.75, 3.05) is 0 Å². The lowest BCUT2D eigenvalue weighted by atomic mass is 9.93. The lowest BCUT2D eigenvalue weighted by Crippen LogP contribution is -2.03. The summed E-state index contributed by atoms with van der Waals surface area (Å²) in [4.78, 5) is 0. The Morgan fingerprint density at radius 1 is 0.410 bits per heavy atom. The summed E-state index contributed by atoms with van der Waals surface area (Å²) in [6.07, 6.45) is 14.9. The van der Waals surface area contributed by atoms with Gasteiger partial charge in [0.05, 0.1) is 0 Å². The molecule has 0 aromatic carbocycles. The molecule has 0 amide bonds. The maximum atomic E-state index is 3.28. The van der Waals surface area contributed by atoms with Crippen molar-refractivity contribution in [2.45, 2.75) is 139 Å². The van der Waals surface area contributed by atoms with Crippen LogP contribution in [0.5, 0.6) is 0 Å². The summed E-state index contributed by atoms with van der Waals surface area (Å²) in [5.41, 5.74) is 1.97. The highest BCUT2D eigenvalue weighted by Crippen LogP contribution is 2.68. The molecular weight excluding hydrogens is 468 g/mol. The summed E-state index contributed by atoms with van der Waals surface area (Å²) < 4.78 is 0. The maximum absolute atomic E-state index is 3.28. The second kappa shape index (κ2) is 12.3. The minimum Gasteiger partial charge on any atom is -0.103 e. The number of fused-ring (bicyclic) bond motifs is 3. The van der Waals surface area contributed by atoms with Crippen molar-refractivity contribution in [2.24, 2.45) is 69.5 Å². The zero-order valence-electron chi connectivity index (χ0n) is 27.2. The van der Waals surface area contributed by atoms with Crippen LogP contribution in [-0.4, -0.2) is 0 Å². The van der Waals surface area contributed by atoms with Crippen LogP contribution in [-0.2, 0) is 0 Å². The molecule has 0 aliphatic heterocycles. The molecule has 0 saturated heterocycles. The third kappa shape index (κ3) is 6.45. The van der Waals surface area contributed by atoms with E-state index in [1.54, 1.807) is 0 Å². The monoisotopic (exact) mass is 528 g/mol. The smallest absolute Gasteiger partial charge is 0.00940 e. The molecule has 0 unspecified atom stereocenters. The largest absolute Gasteiger partial charge is 0.103 e. The fraction of sp³-hybridized carbons (Fsp3) is 0.846. The van der Waals surface area contributed by atoms with Crippen LogP contribution in [0.25, 0.3) is 0 Å². The van der Waals surface area contributed by atoms with Gasteiger partial charge in [-0.2, -0.15) is 0 Å². The molecule has 216 valence electrons. The Bertz CT molecular complexity index is 892. The van der Waals surface area contributed by atoms with Crippen molar-refractivity contribution in [3.63, 3.8) is 0 Å². The fourth-order valence-electron chi connectivity index (χ4n) is 10.6. The van der Waals surface area contributed by atoms with Gasteiger partial charge in [0.1, 0.15) is 0 Å². The average Bonchev–Trinajstić information content (AvgIpc) is 3.74. The Morgan fingerprint density at radius 2 is 0.641 bits per heavy atom. The topological polar surface area (TPSA) is 0 Å². The molecule has 0 aromatic heterocycles. The van der Waals surface area contributed by atoms with Gasteiger partial charge in [-0.05, 0) is 108 Å². The van der Waals surface area contributed by atoms with Crippen LogP contribution < -0.4 is 0 Å². The van der Waals surface area contributed by atoms with E-state index in [4.69, 9.17) is 0 Å². The fourth-order valence-corrected chi connectivity index (χ4v) is 10.6. The molecular formula is C39H60. The van der Waals surface area contributed by atoms with Crippen LogP contribution in [0, 0.1) is 105 Å². The van der Waals surface area contributed by atoms with Gasteiger partial charge in [0.25, 0.3) is 0 Å². The lowest BCUT2D eigenvalue weighted by molar-refractivity contribution is 0.397. The number of hydrogen-bond acceptors (Lipinski definition) is 0. The predicted octanol–water partition coefficient (Wildman–Crippen LogP) is 10.4. The lowest BCUT2D eigenvalue weighted by Gasteiger charge is -2.12. The van der Waals surface area contributed by atoms with Gasteiger partial charge in [-0.15, -0.1) is 35.5 Å². The summed E-state index contributed by atoms with van der Waals surface area (Å²) in [5, 5.41) is 0. The quantitative estimate of drug-likeness (QED) is 0.320. The first kappa shape index (κ1) is 30.6. The first-order valence-electron chi connectivity index (χ1n) is 16.9. The standard InChI is InChI=1S/3C13H20/c3*1-10(2)12-11-8-6-4-5-7-9-13(11,12)3/h3*10-12H,6-9H2,1-3H3/t11-,12+,13+;11-,12+,13-;11-,12-,13-/m000/s1. The first-order chi connectivity index (χ1) is 18.5. The van der Waals surface area contributed by atoms with Gasteiger partial charge in [0, 0.05) is 38.5 Å². The molecule has 0 spiro atoms. The van der Waals surface area contributed by atoms with E-state index < -0.39 is 0 Å². The minimum atomic E-state index is 0.656. The van der Waals surface area contributed by atoms with Gasteiger partial charge in [-0.1, -0.05) is 62.3 Å². The van der Waals surface area contributed by atoms with Crippen LogP contribution in [0.2, 0.25) is 0 Å². The maximum Gasteiger partial charge on any atom is 0.00940 e. The minimum absolute atomic E-state index is 0.656. The molecule has 6 rings (SSSR count). The Labute approximate surface area is 244 Å². The van der Waals surface area contributed by atoms with E-state index in [-0.39, 0.29) is 0 Å². The molecule has 9 atom stereocenters. The summed E-state index contributed by atoms with van der Waals surface area (Å²) in [7, 11) is 0. The molecule has 3 fully saturated rings. The molecule has 6 aliphatic carbocycles. The second-order valence-electron chi connectivity index (χ2n) is 15.8. The van der Waals surface area contributed by atoms with Crippen molar-refractivity contribution >= 4 is 0 Å². The van der Waals surface area contributed by atoms with Crippen molar-refractivity contribution in [3.05, 3.63) is 0 Å². The van der Waals surface area contributed by atoms with E-state index in [1.165, 1.54) is 38.5 Å². The summed E-state index contributed by atoms with van der Waals surface area (Å²) in [6, 6.07) is 0. The van der Waals surface area contributed by atoms with Gasteiger partial charge in [-0.25, -0.2) is 0 Å². The van der Waals surface area contributed by atoms with Crippen molar-refractivity contribution in [3.8, 4) is 35.5 Å². The molecule has 0 N–H and O–H groups in total. The SMILES string of the molecule is CC(C)[C@@H]1[C@@H]2CCC#CCC[C@@]12C.CC(C)[C@@H]1[C@@H]2CCC#CCC[C@]12C.CC(C)[C@H]1[C@@H]2CCC#CCC[C@@]21C. The van der Waals surface area contributed by atoms with Crippen LogP contribution in [0.3, 0.4) is 0 Å². The van der Waals surface area contributed by atoms with Gasteiger partial charge >= 0.3 is 0 Å². The van der Waals surface area contributed by atoms with E-state index in [2.05, 4.69) is 97.8 Å². The van der Waals surface area contributed by atoms with Crippen molar-refractivity contribution in [1.29, 1.82) is 0 Å². The van der Waals surface area contributed by atoms with Crippen LogP contribution >= 0.6 is 0 Å². The zero-order valence-corrected chi connectivity index (χ0v) is 27.2. The Morgan fingerprint density at radius 3 is 0.872 bits per heavy atom. The van der Waals surface area contributed by atoms with E-state index in [9.17, 15) is 0 Å². The molecule has 0 heteroatoms. The molecule has 0 bridgehead atoms. The third-order valence-electron chi connectivity index (χ3n) is 12.4. The van der Waals surface area contributed by atoms with E-state index in [0.29, 0.717) is 16.2 Å². The van der Waals surface area contributed by atoms with Crippen LogP contribution in [0.1, 0.15) is 139 Å². The van der Waals surface area contributed by atoms with E-state index in [0.717, 1.165) is 91.8 Å². The highest BCUT2D eigenvalue weighted by atomic mass is 14.7.